The first kappa shape index (κ1) is 18.7. The van der Waals surface area contributed by atoms with Crippen LogP contribution in [-0.4, -0.2) is 38.2 Å². The Morgan fingerprint density at radius 1 is 1.17 bits per heavy atom. The van der Waals surface area contributed by atoms with Gasteiger partial charge in [0, 0.05) is 24.2 Å². The summed E-state index contributed by atoms with van der Waals surface area (Å²) in [6, 6.07) is 7.91. The second-order valence-corrected chi connectivity index (χ2v) is 9.63. The van der Waals surface area contributed by atoms with Crippen molar-refractivity contribution in [2.75, 3.05) is 11.9 Å². The Morgan fingerprint density at radius 2 is 1.93 bits per heavy atom. The summed E-state index contributed by atoms with van der Waals surface area (Å²) in [7, 11) is 0. The Bertz CT molecular complexity index is 908. The molecule has 0 unspecified atom stereocenters. The Hall–Kier alpha value is -2.28. The van der Waals surface area contributed by atoms with E-state index in [-0.39, 0.29) is 17.0 Å². The molecular formula is C22H30N6O. The molecule has 1 amide bonds. The maximum absolute atomic E-state index is 12.5. The van der Waals surface area contributed by atoms with E-state index in [1.165, 1.54) is 19.3 Å². The van der Waals surface area contributed by atoms with E-state index in [0.29, 0.717) is 13.0 Å². The first-order chi connectivity index (χ1) is 14.0. The minimum Gasteiger partial charge on any atom is -0.326 e. The van der Waals surface area contributed by atoms with Gasteiger partial charge in [-0.05, 0) is 81.1 Å². The lowest BCUT2D eigenvalue weighted by Gasteiger charge is -2.61. The van der Waals surface area contributed by atoms with Crippen molar-refractivity contribution in [3.8, 4) is 0 Å². The Morgan fingerprint density at radius 3 is 2.62 bits per heavy atom. The van der Waals surface area contributed by atoms with Crippen molar-refractivity contribution in [2.24, 2.45) is 11.8 Å². The van der Waals surface area contributed by atoms with Crippen molar-refractivity contribution in [3.63, 3.8) is 0 Å². The predicted octanol–water partition coefficient (Wildman–Crippen LogP) is 2.96. The third kappa shape index (κ3) is 3.45. The van der Waals surface area contributed by atoms with E-state index in [4.69, 9.17) is 0 Å². The number of nitrogens with one attached hydrogen (secondary N) is 2. The van der Waals surface area contributed by atoms with Crippen molar-refractivity contribution in [3.05, 3.63) is 35.7 Å². The van der Waals surface area contributed by atoms with Crippen molar-refractivity contribution >= 4 is 11.6 Å². The molecule has 4 aliphatic rings. The normalized spacial score (nSPS) is 32.5. The van der Waals surface area contributed by atoms with Gasteiger partial charge < -0.3 is 10.6 Å². The molecule has 6 rings (SSSR count). The molecular weight excluding hydrogens is 364 g/mol. The molecule has 154 valence electrons. The van der Waals surface area contributed by atoms with Crippen LogP contribution in [0.15, 0.2) is 24.3 Å². The predicted molar refractivity (Wildman–Crippen MR) is 110 cm³/mol. The third-order valence-electron chi connectivity index (χ3n) is 7.24. The zero-order valence-corrected chi connectivity index (χ0v) is 17.3. The van der Waals surface area contributed by atoms with Gasteiger partial charge in [-0.1, -0.05) is 18.2 Å². The van der Waals surface area contributed by atoms with Crippen LogP contribution in [0.3, 0.4) is 0 Å². The highest BCUT2D eigenvalue weighted by Gasteiger charge is 2.59. The molecule has 1 aromatic carbocycles. The molecule has 4 saturated carbocycles. The topological polar surface area (TPSA) is 84.7 Å². The average Bonchev–Trinajstić information content (AvgIpc) is 3.10. The second-order valence-electron chi connectivity index (χ2n) is 9.63. The van der Waals surface area contributed by atoms with E-state index < -0.39 is 0 Å². The zero-order chi connectivity index (χ0) is 20.1. The molecule has 2 atom stereocenters. The zero-order valence-electron chi connectivity index (χ0n) is 17.3. The van der Waals surface area contributed by atoms with Gasteiger partial charge >= 0.3 is 0 Å². The first-order valence-corrected chi connectivity index (χ1v) is 10.8. The lowest BCUT2D eigenvalue weighted by atomic mass is 9.50. The van der Waals surface area contributed by atoms with Crippen LogP contribution in [-0.2, 0) is 10.3 Å². The molecule has 4 fully saturated rings. The summed E-state index contributed by atoms with van der Waals surface area (Å²) in [5.74, 6) is 2.25. The maximum atomic E-state index is 12.5. The molecule has 0 radical (unpaired) electrons. The molecule has 7 nitrogen and oxygen atoms in total. The number of amides is 1. The Balaban J connectivity index is 1.24. The van der Waals surface area contributed by atoms with E-state index in [9.17, 15) is 4.79 Å². The van der Waals surface area contributed by atoms with Gasteiger partial charge in [-0.15, -0.1) is 10.2 Å². The number of tetrazole rings is 1. The van der Waals surface area contributed by atoms with E-state index >= 15 is 0 Å². The summed E-state index contributed by atoms with van der Waals surface area (Å²) in [5.41, 5.74) is 2.10. The number of hydrogen-bond acceptors (Lipinski definition) is 5. The SMILES string of the molecule is Cc1nnn(C23C[C@H]4C[C@@H](CC(NCCC(=O)Nc5ccccc5C)(C4)C2)C3)n1. The average molecular weight is 395 g/mol. The highest BCUT2D eigenvalue weighted by molar-refractivity contribution is 5.91. The van der Waals surface area contributed by atoms with Crippen LogP contribution in [0.1, 0.15) is 56.3 Å². The fraction of sp³-hybridized carbons (Fsp3) is 0.636. The number of aryl methyl sites for hydroxylation is 2. The molecule has 4 aliphatic carbocycles. The number of anilines is 1. The van der Waals surface area contributed by atoms with Crippen LogP contribution in [0.4, 0.5) is 5.69 Å². The van der Waals surface area contributed by atoms with Crippen LogP contribution in [0, 0.1) is 25.7 Å². The molecule has 0 spiro atoms. The number of nitrogens with zero attached hydrogens (tertiary/aromatic N) is 4. The third-order valence-corrected chi connectivity index (χ3v) is 7.24. The summed E-state index contributed by atoms with van der Waals surface area (Å²) in [6.07, 6.45) is 7.59. The first-order valence-electron chi connectivity index (χ1n) is 10.8. The van der Waals surface area contributed by atoms with E-state index in [1.54, 1.807) is 0 Å². The molecule has 1 heterocycles. The number of carbonyl (C=O) groups is 1. The lowest BCUT2D eigenvalue weighted by molar-refractivity contribution is -0.116. The molecule has 29 heavy (non-hydrogen) atoms. The summed E-state index contributed by atoms with van der Waals surface area (Å²) >= 11 is 0. The maximum Gasteiger partial charge on any atom is 0.225 e. The Labute approximate surface area is 171 Å². The van der Waals surface area contributed by atoms with Crippen LogP contribution in [0.25, 0.3) is 0 Å². The minimum atomic E-state index is 0.00174. The van der Waals surface area contributed by atoms with Crippen molar-refractivity contribution in [2.45, 2.75) is 69.9 Å². The molecule has 2 aromatic rings. The fourth-order valence-corrected chi connectivity index (χ4v) is 6.51. The van der Waals surface area contributed by atoms with E-state index in [2.05, 4.69) is 26.0 Å². The van der Waals surface area contributed by atoms with Crippen LogP contribution in [0.2, 0.25) is 0 Å². The van der Waals surface area contributed by atoms with Gasteiger partial charge in [0.15, 0.2) is 5.82 Å². The van der Waals surface area contributed by atoms with Crippen LogP contribution in [0.5, 0.6) is 0 Å². The number of para-hydroxylation sites is 1. The quantitative estimate of drug-likeness (QED) is 0.787. The summed E-state index contributed by atoms with van der Waals surface area (Å²) in [5, 5.41) is 20.0. The van der Waals surface area contributed by atoms with Crippen molar-refractivity contribution < 1.29 is 4.79 Å². The molecule has 2 N–H and O–H groups in total. The summed E-state index contributed by atoms with van der Waals surface area (Å²) in [4.78, 5) is 14.4. The van der Waals surface area contributed by atoms with Gasteiger partial charge in [0.1, 0.15) is 0 Å². The molecule has 0 aliphatic heterocycles. The second kappa shape index (κ2) is 6.90. The monoisotopic (exact) mass is 394 g/mol. The number of benzene rings is 1. The largest absolute Gasteiger partial charge is 0.326 e. The molecule has 0 saturated heterocycles. The van der Waals surface area contributed by atoms with Gasteiger partial charge in [0.25, 0.3) is 0 Å². The number of rotatable bonds is 6. The number of aromatic nitrogens is 4. The van der Waals surface area contributed by atoms with E-state index in [0.717, 1.165) is 48.2 Å². The summed E-state index contributed by atoms with van der Waals surface area (Å²) < 4.78 is 0. The fourth-order valence-electron chi connectivity index (χ4n) is 6.51. The molecule has 7 heteroatoms. The van der Waals surface area contributed by atoms with Gasteiger partial charge in [-0.3, -0.25) is 4.79 Å². The number of hydrogen-bond donors (Lipinski definition) is 2. The van der Waals surface area contributed by atoms with Gasteiger partial charge in [-0.25, -0.2) is 0 Å². The smallest absolute Gasteiger partial charge is 0.225 e. The van der Waals surface area contributed by atoms with Gasteiger partial charge in [-0.2, -0.15) is 4.80 Å². The summed E-state index contributed by atoms with van der Waals surface area (Å²) in [6.45, 7) is 4.63. The molecule has 1 aromatic heterocycles. The van der Waals surface area contributed by atoms with Crippen LogP contribution >= 0.6 is 0 Å². The van der Waals surface area contributed by atoms with E-state index in [1.807, 2.05) is 42.9 Å². The highest BCUT2D eigenvalue weighted by atomic mass is 16.1. The van der Waals surface area contributed by atoms with Crippen LogP contribution < -0.4 is 10.6 Å². The van der Waals surface area contributed by atoms with Crippen molar-refractivity contribution in [1.29, 1.82) is 0 Å². The lowest BCUT2D eigenvalue weighted by Crippen LogP contribution is -2.65. The van der Waals surface area contributed by atoms with Crippen molar-refractivity contribution in [1.82, 2.24) is 25.5 Å². The molecule has 4 bridgehead atoms. The van der Waals surface area contributed by atoms with Gasteiger partial charge in [0.05, 0.1) is 5.54 Å². The highest BCUT2D eigenvalue weighted by Crippen LogP contribution is 2.60. The number of carbonyl (C=O) groups excluding carboxylic acids is 1. The standard InChI is InChI=1S/C22H30N6O/c1-15-5-3-4-6-19(15)24-20(29)7-8-23-21-10-17-9-18(11-21)13-22(12-17,14-21)28-26-16(2)25-27-28/h3-6,17-18,23H,7-14H2,1-2H3,(H,24,29)/t17-,18-,21?,22?/m0/s1. The van der Waals surface area contributed by atoms with Gasteiger partial charge in [0.2, 0.25) is 5.91 Å². The Kier molecular flexibility index (Phi) is 4.46. The minimum absolute atomic E-state index is 0.00174.